The lowest BCUT2D eigenvalue weighted by Gasteiger charge is -2.04. The molecule has 0 aliphatic heterocycles. The standard InChI is InChI=1S/C10H8FN3O/c1-6-2-3-12-4-7(6)9-8(11)5-13-10(15)14-9/h2-5H,1H3,(H,13,14,15). The second-order valence-corrected chi connectivity index (χ2v) is 3.10. The second kappa shape index (κ2) is 3.61. The molecule has 1 N–H and O–H groups in total. The molecular formula is C10H8FN3O. The van der Waals surface area contributed by atoms with Gasteiger partial charge in [0.15, 0.2) is 5.82 Å². The number of pyridine rings is 1. The molecule has 0 aliphatic rings. The predicted molar refractivity (Wildman–Crippen MR) is 52.8 cm³/mol. The molecule has 0 amide bonds. The van der Waals surface area contributed by atoms with Gasteiger partial charge >= 0.3 is 5.69 Å². The van der Waals surface area contributed by atoms with Crippen LogP contribution in [0.1, 0.15) is 5.56 Å². The lowest BCUT2D eigenvalue weighted by molar-refractivity contribution is 0.615. The summed E-state index contributed by atoms with van der Waals surface area (Å²) in [5.74, 6) is -0.564. The van der Waals surface area contributed by atoms with Crippen molar-refractivity contribution < 1.29 is 4.39 Å². The van der Waals surface area contributed by atoms with Crippen LogP contribution < -0.4 is 5.69 Å². The Bertz CT molecular complexity index is 550. The van der Waals surface area contributed by atoms with Crippen molar-refractivity contribution in [3.63, 3.8) is 0 Å². The molecule has 0 radical (unpaired) electrons. The number of nitrogens with one attached hydrogen (secondary N) is 1. The van der Waals surface area contributed by atoms with E-state index in [0.29, 0.717) is 5.56 Å². The fourth-order valence-corrected chi connectivity index (χ4v) is 1.30. The molecule has 2 aromatic rings. The normalized spacial score (nSPS) is 10.3. The Morgan fingerprint density at radius 3 is 2.93 bits per heavy atom. The summed E-state index contributed by atoms with van der Waals surface area (Å²) in [5.41, 5.74) is 0.954. The first kappa shape index (κ1) is 9.51. The number of hydrogen-bond acceptors (Lipinski definition) is 3. The summed E-state index contributed by atoms with van der Waals surface area (Å²) in [6, 6.07) is 1.74. The maximum Gasteiger partial charge on any atom is 0.345 e. The third-order valence-electron chi connectivity index (χ3n) is 2.07. The third-order valence-corrected chi connectivity index (χ3v) is 2.07. The molecule has 76 valence electrons. The fourth-order valence-electron chi connectivity index (χ4n) is 1.30. The molecule has 2 heterocycles. The van der Waals surface area contributed by atoms with E-state index in [9.17, 15) is 9.18 Å². The van der Waals surface area contributed by atoms with Gasteiger partial charge in [-0.25, -0.2) is 9.18 Å². The Morgan fingerprint density at radius 1 is 1.40 bits per heavy atom. The fraction of sp³-hybridized carbons (Fsp3) is 0.100. The van der Waals surface area contributed by atoms with E-state index >= 15 is 0 Å². The number of halogens is 1. The summed E-state index contributed by atoms with van der Waals surface area (Å²) in [4.78, 5) is 20.5. The van der Waals surface area contributed by atoms with Crippen LogP contribution in [0, 0.1) is 12.7 Å². The molecule has 4 nitrogen and oxygen atoms in total. The second-order valence-electron chi connectivity index (χ2n) is 3.10. The minimum absolute atomic E-state index is 0.126. The van der Waals surface area contributed by atoms with E-state index in [0.717, 1.165) is 11.8 Å². The lowest BCUT2D eigenvalue weighted by atomic mass is 10.1. The summed E-state index contributed by atoms with van der Waals surface area (Å²) in [6.07, 6.45) is 4.01. The Hall–Kier alpha value is -2.04. The topological polar surface area (TPSA) is 58.6 Å². The highest BCUT2D eigenvalue weighted by atomic mass is 19.1. The van der Waals surface area contributed by atoms with Gasteiger partial charge in [-0.3, -0.25) is 4.98 Å². The first-order chi connectivity index (χ1) is 7.18. The SMILES string of the molecule is Cc1ccncc1-c1[nH]c(=O)ncc1F. The van der Waals surface area contributed by atoms with Gasteiger partial charge < -0.3 is 4.98 Å². The van der Waals surface area contributed by atoms with Gasteiger partial charge in [0.1, 0.15) is 0 Å². The van der Waals surface area contributed by atoms with Gasteiger partial charge in [0.05, 0.1) is 11.9 Å². The molecule has 0 saturated carbocycles. The highest BCUT2D eigenvalue weighted by Gasteiger charge is 2.08. The molecule has 0 bridgehead atoms. The Morgan fingerprint density at radius 2 is 2.20 bits per heavy atom. The molecule has 0 aromatic carbocycles. The quantitative estimate of drug-likeness (QED) is 0.762. The zero-order valence-corrected chi connectivity index (χ0v) is 7.99. The van der Waals surface area contributed by atoms with Crippen LogP contribution in [-0.4, -0.2) is 15.0 Å². The molecule has 5 heteroatoms. The maximum atomic E-state index is 13.4. The maximum absolute atomic E-state index is 13.4. The van der Waals surface area contributed by atoms with Crippen molar-refractivity contribution in [1.82, 2.24) is 15.0 Å². The average molecular weight is 205 g/mol. The minimum Gasteiger partial charge on any atom is -0.303 e. The van der Waals surface area contributed by atoms with E-state index in [1.54, 1.807) is 12.3 Å². The van der Waals surface area contributed by atoms with Crippen LogP contribution in [0.2, 0.25) is 0 Å². The Kier molecular flexibility index (Phi) is 2.29. The number of aromatic amines is 1. The van der Waals surface area contributed by atoms with Crippen molar-refractivity contribution in [1.29, 1.82) is 0 Å². The van der Waals surface area contributed by atoms with Gasteiger partial charge in [-0.05, 0) is 18.6 Å². The zero-order valence-electron chi connectivity index (χ0n) is 7.99. The first-order valence-corrected chi connectivity index (χ1v) is 4.34. The predicted octanol–water partition coefficient (Wildman–Crippen LogP) is 1.28. The van der Waals surface area contributed by atoms with E-state index in [1.807, 2.05) is 6.92 Å². The number of H-pyrrole nitrogens is 1. The summed E-state index contributed by atoms with van der Waals surface area (Å²) in [7, 11) is 0. The molecule has 2 rings (SSSR count). The molecule has 0 unspecified atom stereocenters. The van der Waals surface area contributed by atoms with Crippen LogP contribution >= 0.6 is 0 Å². The van der Waals surface area contributed by atoms with Crippen LogP contribution in [0.5, 0.6) is 0 Å². The van der Waals surface area contributed by atoms with Crippen molar-refractivity contribution in [3.05, 3.63) is 46.5 Å². The smallest absolute Gasteiger partial charge is 0.303 e. The molecule has 2 aromatic heterocycles. The van der Waals surface area contributed by atoms with E-state index in [-0.39, 0.29) is 5.69 Å². The van der Waals surface area contributed by atoms with Crippen molar-refractivity contribution in [2.24, 2.45) is 0 Å². The first-order valence-electron chi connectivity index (χ1n) is 4.34. The van der Waals surface area contributed by atoms with Gasteiger partial charge in [-0.2, -0.15) is 4.98 Å². The number of aryl methyl sites for hydroxylation is 1. The molecular weight excluding hydrogens is 197 g/mol. The number of rotatable bonds is 1. The molecule has 0 aliphatic carbocycles. The lowest BCUT2D eigenvalue weighted by Crippen LogP contribution is -2.12. The average Bonchev–Trinajstić information content (AvgIpc) is 2.23. The van der Waals surface area contributed by atoms with Crippen LogP contribution in [0.25, 0.3) is 11.3 Å². The van der Waals surface area contributed by atoms with Crippen molar-refractivity contribution >= 4 is 0 Å². The summed E-state index contributed by atoms with van der Waals surface area (Å²) < 4.78 is 13.4. The van der Waals surface area contributed by atoms with E-state index in [2.05, 4.69) is 15.0 Å². The van der Waals surface area contributed by atoms with E-state index in [4.69, 9.17) is 0 Å². The number of hydrogen-bond donors (Lipinski definition) is 1. The zero-order chi connectivity index (χ0) is 10.8. The summed E-state index contributed by atoms with van der Waals surface area (Å²) in [6.45, 7) is 1.81. The highest BCUT2D eigenvalue weighted by molar-refractivity contribution is 5.61. The van der Waals surface area contributed by atoms with Gasteiger partial charge in [0.2, 0.25) is 0 Å². The molecule has 15 heavy (non-hydrogen) atoms. The van der Waals surface area contributed by atoms with E-state index < -0.39 is 11.5 Å². The monoisotopic (exact) mass is 205 g/mol. The Labute approximate surface area is 84.8 Å². The summed E-state index contributed by atoms with van der Waals surface area (Å²) >= 11 is 0. The van der Waals surface area contributed by atoms with Crippen molar-refractivity contribution in [3.8, 4) is 11.3 Å². The van der Waals surface area contributed by atoms with Crippen molar-refractivity contribution in [2.45, 2.75) is 6.92 Å². The summed E-state index contributed by atoms with van der Waals surface area (Å²) in [5, 5.41) is 0. The minimum atomic E-state index is -0.574. The molecule has 0 fully saturated rings. The van der Waals surface area contributed by atoms with Gasteiger partial charge in [0.25, 0.3) is 0 Å². The molecule has 0 atom stereocenters. The van der Waals surface area contributed by atoms with Gasteiger partial charge in [-0.1, -0.05) is 0 Å². The third kappa shape index (κ3) is 1.76. The van der Waals surface area contributed by atoms with Gasteiger partial charge in [-0.15, -0.1) is 0 Å². The van der Waals surface area contributed by atoms with Crippen LogP contribution in [0.3, 0.4) is 0 Å². The number of aromatic nitrogens is 3. The Balaban J connectivity index is 2.69. The molecule has 0 spiro atoms. The number of nitrogens with zero attached hydrogens (tertiary/aromatic N) is 2. The highest BCUT2D eigenvalue weighted by Crippen LogP contribution is 2.20. The van der Waals surface area contributed by atoms with Crippen LogP contribution in [0.4, 0.5) is 4.39 Å². The largest absolute Gasteiger partial charge is 0.345 e. The van der Waals surface area contributed by atoms with Crippen molar-refractivity contribution in [2.75, 3.05) is 0 Å². The van der Waals surface area contributed by atoms with Gasteiger partial charge in [0, 0.05) is 18.0 Å². The van der Waals surface area contributed by atoms with Crippen LogP contribution in [0.15, 0.2) is 29.5 Å². The van der Waals surface area contributed by atoms with Crippen LogP contribution in [-0.2, 0) is 0 Å². The van der Waals surface area contributed by atoms with E-state index in [1.165, 1.54) is 6.20 Å². The molecule has 0 saturated heterocycles.